The Morgan fingerprint density at radius 3 is 2.17 bits per heavy atom. The largest absolute Gasteiger partial charge is 0.428 e. The summed E-state index contributed by atoms with van der Waals surface area (Å²) >= 11 is 11.3. The topological polar surface area (TPSA) is 35.5 Å². The van der Waals surface area contributed by atoms with Gasteiger partial charge in [0.05, 0.1) is 22.2 Å². The van der Waals surface area contributed by atoms with E-state index in [1.54, 1.807) is 48.5 Å². The Morgan fingerprint density at radius 2 is 1.56 bits per heavy atom. The Hall–Kier alpha value is -0.990. The van der Waals surface area contributed by atoms with Gasteiger partial charge in [-0.25, -0.2) is 4.57 Å². The van der Waals surface area contributed by atoms with E-state index in [1.165, 1.54) is 0 Å². The van der Waals surface area contributed by atoms with Crippen LogP contribution in [0.5, 0.6) is 5.75 Å². The summed E-state index contributed by atoms with van der Waals surface area (Å²) in [5, 5.41) is 0.503. The van der Waals surface area contributed by atoms with Gasteiger partial charge in [-0.05, 0) is 24.3 Å². The summed E-state index contributed by atoms with van der Waals surface area (Å²) in [6, 6.07) is 15.2. The third kappa shape index (κ3) is 2.88. The Labute approximate surface area is 115 Å². The van der Waals surface area contributed by atoms with Gasteiger partial charge in [-0.15, -0.1) is 0 Å². The molecular weight excluding hydrogens is 294 g/mol. The summed E-state index contributed by atoms with van der Waals surface area (Å²) in [5.74, 6) is 0.390. The molecule has 0 radical (unpaired) electrons. The van der Waals surface area contributed by atoms with Crippen LogP contribution in [0.2, 0.25) is 5.02 Å². The molecule has 0 heterocycles. The molecule has 2 rings (SSSR count). The fourth-order valence-corrected chi connectivity index (χ4v) is 3.35. The van der Waals surface area contributed by atoms with Gasteiger partial charge in [-0.2, -0.15) is 4.08 Å². The molecule has 0 fully saturated rings. The summed E-state index contributed by atoms with van der Waals surface area (Å²) in [4.78, 5) is 0. The highest BCUT2D eigenvalue weighted by molar-refractivity contribution is 7.63. The highest BCUT2D eigenvalue weighted by atomic mass is 35.5. The first-order valence-corrected chi connectivity index (χ1v) is 7.29. The number of hydrogen-bond acceptors (Lipinski definition) is 3. The van der Waals surface area contributed by atoms with Crippen LogP contribution in [-0.4, -0.2) is 0 Å². The molecule has 0 aliphatic carbocycles. The molecule has 3 nitrogen and oxygen atoms in total. The second kappa shape index (κ2) is 5.77. The molecule has 1 atom stereocenters. The maximum Gasteiger partial charge on any atom is 0.428 e. The van der Waals surface area contributed by atoms with E-state index in [2.05, 4.69) is 4.08 Å². The molecule has 6 heteroatoms. The van der Waals surface area contributed by atoms with Crippen molar-refractivity contribution in [1.82, 2.24) is 0 Å². The molecule has 2 aromatic carbocycles. The number of rotatable bonds is 4. The average Bonchev–Trinajstić information content (AvgIpc) is 2.40. The molecule has 0 aliphatic heterocycles. The second-order valence-electron chi connectivity index (χ2n) is 3.42. The standard InChI is InChI=1S/C12H9Cl2O3P/c13-11-8-4-5-9-12(11)18(15,17-14)16-10-6-2-1-3-7-10/h1-9H. The molecule has 0 amide bonds. The highest BCUT2D eigenvalue weighted by Crippen LogP contribution is 2.49. The van der Waals surface area contributed by atoms with E-state index >= 15 is 0 Å². The van der Waals surface area contributed by atoms with E-state index in [9.17, 15) is 4.57 Å². The van der Waals surface area contributed by atoms with Crippen LogP contribution in [0.1, 0.15) is 0 Å². The van der Waals surface area contributed by atoms with Crippen LogP contribution in [0.4, 0.5) is 0 Å². The molecule has 1 unspecified atom stereocenters. The van der Waals surface area contributed by atoms with Crippen LogP contribution in [0, 0.1) is 0 Å². The molecule has 2 aromatic rings. The SMILES string of the molecule is O=P(OCl)(Oc1ccccc1)c1ccccc1Cl. The lowest BCUT2D eigenvalue weighted by atomic mass is 10.3. The first-order valence-electron chi connectivity index (χ1n) is 5.06. The molecule has 0 aliphatic rings. The quantitative estimate of drug-likeness (QED) is 0.785. The van der Waals surface area contributed by atoms with Gasteiger partial charge in [-0.1, -0.05) is 41.9 Å². The lowest BCUT2D eigenvalue weighted by Crippen LogP contribution is -2.11. The van der Waals surface area contributed by atoms with Crippen molar-refractivity contribution in [2.45, 2.75) is 0 Å². The van der Waals surface area contributed by atoms with Gasteiger partial charge in [0.1, 0.15) is 5.75 Å². The fourth-order valence-electron chi connectivity index (χ4n) is 1.39. The number of hydrogen-bond donors (Lipinski definition) is 0. The van der Waals surface area contributed by atoms with E-state index in [-0.39, 0.29) is 10.3 Å². The third-order valence-electron chi connectivity index (χ3n) is 2.21. The van der Waals surface area contributed by atoms with Gasteiger partial charge in [-0.3, -0.25) is 0 Å². The van der Waals surface area contributed by atoms with Crippen LogP contribution in [0.15, 0.2) is 54.6 Å². The Kier molecular flexibility index (Phi) is 4.31. The third-order valence-corrected chi connectivity index (χ3v) is 4.83. The first-order chi connectivity index (χ1) is 8.65. The minimum Gasteiger partial charge on any atom is -0.420 e. The van der Waals surface area contributed by atoms with Crippen molar-refractivity contribution in [2.75, 3.05) is 0 Å². The molecule has 0 saturated heterocycles. The van der Waals surface area contributed by atoms with Gasteiger partial charge in [0, 0.05) is 0 Å². The molecule has 94 valence electrons. The number of halogens is 2. The Balaban J connectivity index is 2.38. The van der Waals surface area contributed by atoms with Crippen molar-refractivity contribution in [3.05, 3.63) is 59.6 Å². The van der Waals surface area contributed by atoms with Crippen molar-refractivity contribution in [2.24, 2.45) is 0 Å². The normalized spacial score (nSPS) is 13.9. The summed E-state index contributed by atoms with van der Waals surface area (Å²) in [6.07, 6.45) is 0. The van der Waals surface area contributed by atoms with Gasteiger partial charge in [0.25, 0.3) is 0 Å². The van der Waals surface area contributed by atoms with E-state index in [0.717, 1.165) is 0 Å². The summed E-state index contributed by atoms with van der Waals surface area (Å²) < 4.78 is 22.4. The Morgan fingerprint density at radius 1 is 0.944 bits per heavy atom. The molecule has 0 aromatic heterocycles. The molecule has 0 saturated carbocycles. The summed E-state index contributed by atoms with van der Waals surface area (Å²) in [7, 11) is -3.68. The monoisotopic (exact) mass is 302 g/mol. The van der Waals surface area contributed by atoms with Crippen LogP contribution < -0.4 is 9.83 Å². The first kappa shape index (κ1) is 13.4. The van der Waals surface area contributed by atoms with Crippen molar-refractivity contribution in [1.29, 1.82) is 0 Å². The molecule has 0 bridgehead atoms. The smallest absolute Gasteiger partial charge is 0.420 e. The van der Waals surface area contributed by atoms with E-state index in [4.69, 9.17) is 28.0 Å². The summed E-state index contributed by atoms with van der Waals surface area (Å²) in [6.45, 7) is 0. The lowest BCUT2D eigenvalue weighted by molar-refractivity contribution is 0.414. The molecule has 0 spiro atoms. The molecule has 0 N–H and O–H groups in total. The minimum absolute atomic E-state index is 0.227. The van der Waals surface area contributed by atoms with Crippen LogP contribution in [-0.2, 0) is 8.64 Å². The fraction of sp³-hybridized carbons (Fsp3) is 0. The zero-order valence-electron chi connectivity index (χ0n) is 9.12. The highest BCUT2D eigenvalue weighted by Gasteiger charge is 2.31. The van der Waals surface area contributed by atoms with Crippen molar-refractivity contribution in [3.63, 3.8) is 0 Å². The average molecular weight is 303 g/mol. The van der Waals surface area contributed by atoms with Crippen molar-refractivity contribution in [3.8, 4) is 5.75 Å². The minimum atomic E-state index is -3.68. The predicted octanol–water partition coefficient (Wildman–Crippen LogP) is 4.41. The van der Waals surface area contributed by atoms with E-state index < -0.39 is 7.60 Å². The van der Waals surface area contributed by atoms with Gasteiger partial charge in [0.15, 0.2) is 0 Å². The molecule has 18 heavy (non-hydrogen) atoms. The Bertz CT molecular complexity index is 575. The zero-order chi connectivity index (χ0) is 13.0. The summed E-state index contributed by atoms with van der Waals surface area (Å²) in [5.41, 5.74) is 0. The van der Waals surface area contributed by atoms with Crippen LogP contribution in [0.3, 0.4) is 0 Å². The zero-order valence-corrected chi connectivity index (χ0v) is 11.5. The van der Waals surface area contributed by atoms with Gasteiger partial charge in [0.2, 0.25) is 0 Å². The molecular formula is C12H9Cl2O3P. The van der Waals surface area contributed by atoms with E-state index in [0.29, 0.717) is 5.75 Å². The van der Waals surface area contributed by atoms with E-state index in [1.807, 2.05) is 6.07 Å². The maximum absolute atomic E-state index is 12.5. The maximum atomic E-state index is 12.5. The second-order valence-corrected chi connectivity index (χ2v) is 6.04. The lowest BCUT2D eigenvalue weighted by Gasteiger charge is -2.16. The number of benzene rings is 2. The number of para-hydroxylation sites is 1. The van der Waals surface area contributed by atoms with Crippen LogP contribution in [0.25, 0.3) is 0 Å². The van der Waals surface area contributed by atoms with Gasteiger partial charge >= 0.3 is 7.60 Å². The van der Waals surface area contributed by atoms with Crippen molar-refractivity contribution < 1.29 is 13.2 Å². The van der Waals surface area contributed by atoms with Crippen LogP contribution >= 0.6 is 31.1 Å². The van der Waals surface area contributed by atoms with Crippen molar-refractivity contribution >= 4 is 36.4 Å². The predicted molar refractivity (Wildman–Crippen MR) is 72.7 cm³/mol. The van der Waals surface area contributed by atoms with Gasteiger partial charge < -0.3 is 4.52 Å².